The number of nitrogens with zero attached hydrogens (tertiary/aromatic N) is 1. The van der Waals surface area contributed by atoms with Crippen LogP contribution in [0.2, 0.25) is 0 Å². The van der Waals surface area contributed by atoms with Gasteiger partial charge >= 0.3 is 13.7 Å². The van der Waals surface area contributed by atoms with E-state index in [9.17, 15) is 24.1 Å². The zero-order valence-electron chi connectivity index (χ0n) is 26.6. The van der Waals surface area contributed by atoms with Crippen molar-refractivity contribution in [1.82, 2.24) is 15.5 Å². The summed E-state index contributed by atoms with van der Waals surface area (Å²) < 4.78 is 30.3. The van der Waals surface area contributed by atoms with Crippen LogP contribution in [-0.2, 0) is 34.4 Å². The lowest BCUT2D eigenvalue weighted by atomic mass is 9.91. The molecule has 1 aliphatic heterocycles. The molecule has 1 heterocycles. The Labute approximate surface area is 256 Å². The van der Waals surface area contributed by atoms with Crippen LogP contribution in [0.15, 0.2) is 30.3 Å². The lowest BCUT2D eigenvalue weighted by Crippen LogP contribution is -2.54. The van der Waals surface area contributed by atoms with Gasteiger partial charge in [-0.25, -0.2) is 4.79 Å². The molecule has 11 nitrogen and oxygen atoms in total. The van der Waals surface area contributed by atoms with Crippen molar-refractivity contribution in [2.45, 2.75) is 103 Å². The van der Waals surface area contributed by atoms with Gasteiger partial charge < -0.3 is 34.4 Å². The van der Waals surface area contributed by atoms with Crippen LogP contribution in [0.4, 0.5) is 4.79 Å². The van der Waals surface area contributed by atoms with E-state index in [1.807, 2.05) is 44.2 Å². The predicted molar refractivity (Wildman–Crippen MR) is 165 cm³/mol. The first-order valence-corrected chi connectivity index (χ1v) is 17.1. The van der Waals surface area contributed by atoms with E-state index in [0.717, 1.165) is 18.4 Å². The summed E-state index contributed by atoms with van der Waals surface area (Å²) in [7, 11) is -0.764. The van der Waals surface area contributed by atoms with E-state index in [2.05, 4.69) is 10.6 Å². The molecule has 1 fully saturated rings. The molecule has 3 N–H and O–H groups in total. The van der Waals surface area contributed by atoms with E-state index in [1.54, 1.807) is 27.9 Å². The van der Waals surface area contributed by atoms with Crippen molar-refractivity contribution in [3.05, 3.63) is 35.9 Å². The number of carbonyl (C=O) groups is 3. The smallest absolute Gasteiger partial charge is 0.408 e. The molecule has 12 heteroatoms. The fraction of sp³-hybridized carbons (Fsp3) is 0.710. The molecule has 43 heavy (non-hydrogen) atoms. The number of hydrogen-bond donors (Lipinski definition) is 3. The Kier molecular flexibility index (Phi) is 15.7. The van der Waals surface area contributed by atoms with Crippen LogP contribution < -0.4 is 10.6 Å². The molecule has 3 unspecified atom stereocenters. The van der Waals surface area contributed by atoms with Crippen molar-refractivity contribution >= 4 is 25.5 Å². The van der Waals surface area contributed by atoms with Gasteiger partial charge in [-0.2, -0.15) is 0 Å². The minimum absolute atomic E-state index is 0.0164. The van der Waals surface area contributed by atoms with Crippen LogP contribution in [0.25, 0.3) is 0 Å². The van der Waals surface area contributed by atoms with Gasteiger partial charge in [-0.15, -0.1) is 0 Å². The van der Waals surface area contributed by atoms with Crippen molar-refractivity contribution in [2.75, 3.05) is 27.3 Å². The van der Waals surface area contributed by atoms with Crippen LogP contribution in [0, 0.1) is 11.8 Å². The maximum Gasteiger partial charge on any atom is 0.408 e. The van der Waals surface area contributed by atoms with E-state index in [4.69, 9.17) is 13.8 Å². The standard InChI is InChI=1S/C31H52N3O8P/c1-7-40-43(39,41-8-2)30(37)27-21-24(29(36)34(5)6)17-13-10-14-18-25(20-23-15-11-9-12-16-23)42-31(38)33-26(19-22(3)4)28(35)32-27/h9,11-12,15-16,22,24-27,30,37H,7-8,10,13-14,17-21H2,1-6H3,(H,32,35)(H,33,38)/t24?,25?,26-,27-,30?/m0/s1. The Bertz CT molecular complexity index is 1040. The number of hydrogen-bond acceptors (Lipinski definition) is 8. The predicted octanol–water partition coefficient (Wildman–Crippen LogP) is 4.87. The minimum Gasteiger partial charge on any atom is -0.446 e. The van der Waals surface area contributed by atoms with Crippen molar-refractivity contribution in [2.24, 2.45) is 11.8 Å². The number of alkyl carbamates (subject to hydrolysis) is 1. The summed E-state index contributed by atoms with van der Waals surface area (Å²) in [4.78, 5) is 41.6. The molecular weight excluding hydrogens is 573 g/mol. The van der Waals surface area contributed by atoms with Gasteiger partial charge in [-0.1, -0.05) is 57.0 Å². The third kappa shape index (κ3) is 12.2. The summed E-state index contributed by atoms with van der Waals surface area (Å²) in [6, 6.07) is 7.64. The summed E-state index contributed by atoms with van der Waals surface area (Å²) in [5, 5.41) is 16.9. The molecule has 0 aliphatic carbocycles. The highest BCUT2D eigenvalue weighted by molar-refractivity contribution is 7.54. The van der Waals surface area contributed by atoms with Gasteiger partial charge in [-0.3, -0.25) is 14.2 Å². The Morgan fingerprint density at radius 3 is 2.26 bits per heavy atom. The van der Waals surface area contributed by atoms with Gasteiger partial charge in [0.05, 0.1) is 19.3 Å². The molecule has 1 aromatic carbocycles. The third-order valence-electron chi connectivity index (χ3n) is 7.43. The van der Waals surface area contributed by atoms with Gasteiger partial charge in [0, 0.05) is 26.4 Å². The highest BCUT2D eigenvalue weighted by Gasteiger charge is 2.43. The number of rotatable bonds is 11. The van der Waals surface area contributed by atoms with Crippen molar-refractivity contribution < 1.29 is 37.8 Å². The number of ether oxygens (including phenoxy) is 1. The highest BCUT2D eigenvalue weighted by atomic mass is 31.2. The quantitative estimate of drug-likeness (QED) is 0.296. The lowest BCUT2D eigenvalue weighted by molar-refractivity contribution is -0.134. The first-order chi connectivity index (χ1) is 20.4. The zero-order valence-corrected chi connectivity index (χ0v) is 27.5. The molecule has 5 atom stereocenters. The van der Waals surface area contributed by atoms with Crippen LogP contribution in [0.5, 0.6) is 0 Å². The molecule has 1 saturated heterocycles. The number of carbonyl (C=O) groups excluding carboxylic acids is 3. The second-order valence-electron chi connectivity index (χ2n) is 11.8. The molecule has 2 rings (SSSR count). The van der Waals surface area contributed by atoms with E-state index in [0.29, 0.717) is 32.1 Å². The zero-order chi connectivity index (χ0) is 32.0. The molecule has 0 aromatic heterocycles. The van der Waals surface area contributed by atoms with Gasteiger partial charge in [0.1, 0.15) is 12.1 Å². The molecule has 1 aromatic rings. The van der Waals surface area contributed by atoms with Crippen LogP contribution in [-0.4, -0.2) is 79.3 Å². The molecule has 3 amide bonds. The fourth-order valence-electron chi connectivity index (χ4n) is 5.37. The topological polar surface area (TPSA) is 144 Å². The third-order valence-corrected chi connectivity index (χ3v) is 9.68. The summed E-state index contributed by atoms with van der Waals surface area (Å²) in [5.41, 5.74) is 1.04. The summed E-state index contributed by atoms with van der Waals surface area (Å²) >= 11 is 0. The normalized spacial score (nSPS) is 23.7. The first kappa shape index (κ1) is 36.7. The van der Waals surface area contributed by atoms with Crippen molar-refractivity contribution in [1.29, 1.82) is 0 Å². The maximum absolute atomic E-state index is 13.7. The van der Waals surface area contributed by atoms with E-state index >= 15 is 0 Å². The lowest BCUT2D eigenvalue weighted by Gasteiger charge is -2.33. The molecule has 0 saturated carbocycles. The monoisotopic (exact) mass is 625 g/mol. The molecule has 244 valence electrons. The average Bonchev–Trinajstić information content (AvgIpc) is 2.94. The number of aliphatic hydroxyl groups excluding tert-OH is 1. The summed E-state index contributed by atoms with van der Waals surface area (Å²) in [6.07, 6.45) is 3.14. The van der Waals surface area contributed by atoms with E-state index in [1.165, 1.54) is 4.90 Å². The van der Waals surface area contributed by atoms with Crippen molar-refractivity contribution in [3.63, 3.8) is 0 Å². The minimum atomic E-state index is -4.08. The van der Waals surface area contributed by atoms with Gasteiger partial charge in [0.25, 0.3) is 0 Å². The Hall–Kier alpha value is -2.46. The molecule has 0 radical (unpaired) electrons. The summed E-state index contributed by atoms with van der Waals surface area (Å²) in [6.45, 7) is 7.14. The first-order valence-electron chi connectivity index (χ1n) is 15.5. The Morgan fingerprint density at radius 2 is 1.67 bits per heavy atom. The largest absolute Gasteiger partial charge is 0.446 e. The number of nitrogens with one attached hydrogen (secondary N) is 2. The van der Waals surface area contributed by atoms with Crippen LogP contribution in [0.1, 0.15) is 78.2 Å². The number of amides is 3. The average molecular weight is 626 g/mol. The molecular formula is C31H52N3O8P. The SMILES string of the molecule is CCOP(=O)(OCC)C(O)[C@@H]1CC(C(=O)N(C)C)CCCCCC(Cc2ccccc2)OC(=O)N[C@@H](CC(C)C)C(=O)N1. The number of benzene rings is 1. The fourth-order valence-corrected chi connectivity index (χ4v) is 7.11. The van der Waals surface area contributed by atoms with E-state index < -0.39 is 49.5 Å². The van der Waals surface area contributed by atoms with E-state index in [-0.39, 0.29) is 31.5 Å². The molecule has 0 spiro atoms. The van der Waals surface area contributed by atoms with Crippen LogP contribution >= 0.6 is 7.60 Å². The Balaban J connectivity index is 2.45. The Morgan fingerprint density at radius 1 is 1.05 bits per heavy atom. The van der Waals surface area contributed by atoms with Gasteiger partial charge in [-0.05, 0) is 57.4 Å². The van der Waals surface area contributed by atoms with Crippen LogP contribution in [0.3, 0.4) is 0 Å². The van der Waals surface area contributed by atoms with Crippen molar-refractivity contribution in [3.8, 4) is 0 Å². The number of cyclic esters (lactones) is 1. The second-order valence-corrected chi connectivity index (χ2v) is 13.9. The highest BCUT2D eigenvalue weighted by Crippen LogP contribution is 2.53. The molecule has 1 aliphatic rings. The molecule has 0 bridgehead atoms. The van der Waals surface area contributed by atoms with Gasteiger partial charge in [0.2, 0.25) is 11.8 Å². The summed E-state index contributed by atoms with van der Waals surface area (Å²) in [5.74, 6) is -3.00. The number of aliphatic hydroxyl groups is 1. The maximum atomic E-state index is 13.7. The second kappa shape index (κ2) is 18.4. The van der Waals surface area contributed by atoms with Gasteiger partial charge in [0.15, 0.2) is 5.85 Å².